The van der Waals surface area contributed by atoms with Gasteiger partial charge >= 0.3 is 0 Å². The largest absolute Gasteiger partial charge is 0.345 e. The summed E-state index contributed by atoms with van der Waals surface area (Å²) in [7, 11) is -3.97. The van der Waals surface area contributed by atoms with Gasteiger partial charge in [-0.15, -0.1) is 0 Å². The summed E-state index contributed by atoms with van der Waals surface area (Å²) in [5.41, 5.74) is 0.553. The lowest BCUT2D eigenvalue weighted by atomic mass is 10.2. The molecule has 1 amide bonds. The van der Waals surface area contributed by atoms with Crippen molar-refractivity contribution >= 4 is 21.6 Å². The normalized spacial score (nSPS) is 12.4. The van der Waals surface area contributed by atoms with E-state index in [-0.39, 0.29) is 18.1 Å². The highest BCUT2D eigenvalue weighted by atomic mass is 32.2. The van der Waals surface area contributed by atoms with E-state index in [2.05, 4.69) is 15.5 Å². The molecule has 30 heavy (non-hydrogen) atoms. The Bertz CT molecular complexity index is 1150. The topological polar surface area (TPSA) is 105 Å². The van der Waals surface area contributed by atoms with E-state index in [1.54, 1.807) is 12.1 Å². The number of nitrogens with one attached hydrogen (secondary N) is 1. The average molecular weight is 436 g/mol. The molecule has 0 spiro atoms. The highest BCUT2D eigenvalue weighted by molar-refractivity contribution is 7.92. The third-order valence-corrected chi connectivity index (χ3v) is 5.40. The second kappa shape index (κ2) is 8.57. The van der Waals surface area contributed by atoms with Gasteiger partial charge in [-0.25, -0.2) is 17.2 Å². The molecule has 2 aromatic carbocycles. The molecule has 0 aliphatic rings. The Hall–Kier alpha value is -3.34. The molecule has 1 aromatic heterocycles. The molecule has 158 valence electrons. The van der Waals surface area contributed by atoms with Gasteiger partial charge in [0.05, 0.1) is 18.5 Å². The molecule has 1 atom stereocenters. The number of rotatable bonds is 7. The lowest BCUT2D eigenvalue weighted by Gasteiger charge is -2.28. The number of hydrogen-bond acceptors (Lipinski definition) is 6. The molecule has 0 bridgehead atoms. The first-order valence-corrected chi connectivity index (χ1v) is 10.6. The van der Waals surface area contributed by atoms with Crippen molar-refractivity contribution in [1.82, 2.24) is 15.5 Å². The van der Waals surface area contributed by atoms with E-state index in [1.165, 1.54) is 6.92 Å². The standard InChI is InChI=1S/C19H18F2N4O4S/c1-12(25(30(2,27)28)14-8-9-15(20)16(21)10-14)19(26)22-11-17-23-18(24-29-17)13-6-4-3-5-7-13/h3-10,12H,11H2,1-2H3,(H,22,26)/t12-/m1/s1. The zero-order chi connectivity index (χ0) is 21.9. The first-order chi connectivity index (χ1) is 14.2. The Morgan fingerprint density at radius 2 is 1.87 bits per heavy atom. The quantitative estimate of drug-likeness (QED) is 0.610. The van der Waals surface area contributed by atoms with Crippen LogP contribution in [-0.2, 0) is 21.4 Å². The maximum Gasteiger partial charge on any atom is 0.246 e. The predicted molar refractivity (Wildman–Crippen MR) is 105 cm³/mol. The molecule has 0 unspecified atom stereocenters. The number of carbonyl (C=O) groups is 1. The number of carbonyl (C=O) groups excluding carboxylic acids is 1. The molecule has 8 nitrogen and oxygen atoms in total. The average Bonchev–Trinajstić information content (AvgIpc) is 3.17. The summed E-state index contributed by atoms with van der Waals surface area (Å²) in [6.07, 6.45) is 0.863. The SMILES string of the molecule is C[C@H](C(=O)NCc1nc(-c2ccccc2)no1)N(c1ccc(F)c(F)c1)S(C)(=O)=O. The van der Waals surface area contributed by atoms with Crippen LogP contribution in [0.1, 0.15) is 12.8 Å². The maximum atomic E-state index is 13.6. The Balaban J connectivity index is 1.73. The van der Waals surface area contributed by atoms with Crippen LogP contribution in [0.3, 0.4) is 0 Å². The van der Waals surface area contributed by atoms with Crippen molar-refractivity contribution in [3.63, 3.8) is 0 Å². The second-order valence-electron chi connectivity index (χ2n) is 6.43. The number of anilines is 1. The molecule has 1 heterocycles. The van der Waals surface area contributed by atoms with Gasteiger partial charge in [-0.3, -0.25) is 9.10 Å². The molecule has 3 rings (SSSR count). The highest BCUT2D eigenvalue weighted by Gasteiger charge is 2.30. The lowest BCUT2D eigenvalue weighted by molar-refractivity contribution is -0.122. The third-order valence-electron chi connectivity index (χ3n) is 4.16. The molecule has 0 aliphatic carbocycles. The Morgan fingerprint density at radius 1 is 1.17 bits per heavy atom. The highest BCUT2D eigenvalue weighted by Crippen LogP contribution is 2.23. The zero-order valence-corrected chi connectivity index (χ0v) is 16.9. The van der Waals surface area contributed by atoms with E-state index in [9.17, 15) is 22.0 Å². The van der Waals surface area contributed by atoms with Crippen molar-refractivity contribution < 1.29 is 26.5 Å². The van der Waals surface area contributed by atoms with Gasteiger partial charge in [-0.1, -0.05) is 35.5 Å². The van der Waals surface area contributed by atoms with Crippen LogP contribution in [0.5, 0.6) is 0 Å². The van der Waals surface area contributed by atoms with E-state index < -0.39 is 33.6 Å². The second-order valence-corrected chi connectivity index (χ2v) is 8.29. The van der Waals surface area contributed by atoms with Crippen molar-refractivity contribution in [2.24, 2.45) is 0 Å². The fraction of sp³-hybridized carbons (Fsp3) is 0.211. The number of benzene rings is 2. The van der Waals surface area contributed by atoms with Crippen LogP contribution in [0.15, 0.2) is 53.1 Å². The lowest BCUT2D eigenvalue weighted by Crippen LogP contribution is -2.47. The van der Waals surface area contributed by atoms with Gasteiger partial charge in [0.1, 0.15) is 6.04 Å². The molecule has 3 aromatic rings. The van der Waals surface area contributed by atoms with Gasteiger partial charge < -0.3 is 9.84 Å². The van der Waals surface area contributed by atoms with E-state index in [4.69, 9.17) is 4.52 Å². The monoisotopic (exact) mass is 436 g/mol. The van der Waals surface area contributed by atoms with Crippen molar-refractivity contribution in [3.8, 4) is 11.4 Å². The van der Waals surface area contributed by atoms with Crippen LogP contribution in [-0.4, -0.2) is 36.8 Å². The molecule has 1 N–H and O–H groups in total. The van der Waals surface area contributed by atoms with Gasteiger partial charge in [0, 0.05) is 11.6 Å². The van der Waals surface area contributed by atoms with Crippen molar-refractivity contribution in [2.45, 2.75) is 19.5 Å². The molecule has 0 saturated heterocycles. The van der Waals surface area contributed by atoms with E-state index in [0.29, 0.717) is 16.2 Å². The van der Waals surface area contributed by atoms with Gasteiger partial charge in [0.15, 0.2) is 11.6 Å². The van der Waals surface area contributed by atoms with E-state index in [0.717, 1.165) is 24.0 Å². The van der Waals surface area contributed by atoms with E-state index >= 15 is 0 Å². The smallest absolute Gasteiger partial charge is 0.246 e. The summed E-state index contributed by atoms with van der Waals surface area (Å²) >= 11 is 0. The summed E-state index contributed by atoms with van der Waals surface area (Å²) in [6.45, 7) is 1.18. The molecular weight excluding hydrogens is 418 g/mol. The van der Waals surface area contributed by atoms with Gasteiger partial charge in [0.2, 0.25) is 27.6 Å². The molecule has 0 saturated carbocycles. The minimum absolute atomic E-state index is 0.119. The van der Waals surface area contributed by atoms with Crippen LogP contribution in [0.4, 0.5) is 14.5 Å². The fourth-order valence-corrected chi connectivity index (χ4v) is 3.94. The van der Waals surface area contributed by atoms with Crippen LogP contribution in [0.25, 0.3) is 11.4 Å². The Labute approximate surface area is 171 Å². The Kier molecular flexibility index (Phi) is 6.11. The minimum Gasteiger partial charge on any atom is -0.345 e. The molecule has 11 heteroatoms. The number of hydrogen-bond donors (Lipinski definition) is 1. The number of amides is 1. The van der Waals surface area contributed by atoms with Crippen LogP contribution in [0.2, 0.25) is 0 Å². The molecule has 0 fully saturated rings. The zero-order valence-electron chi connectivity index (χ0n) is 16.0. The van der Waals surface area contributed by atoms with Gasteiger partial charge in [-0.2, -0.15) is 4.98 Å². The van der Waals surface area contributed by atoms with Crippen LogP contribution < -0.4 is 9.62 Å². The number of aromatic nitrogens is 2. The molecule has 0 aliphatic heterocycles. The maximum absolute atomic E-state index is 13.6. The summed E-state index contributed by atoms with van der Waals surface area (Å²) in [5, 5.41) is 6.33. The number of nitrogens with zero attached hydrogens (tertiary/aromatic N) is 3. The van der Waals surface area contributed by atoms with Gasteiger partial charge in [0.25, 0.3) is 0 Å². The first kappa shape index (κ1) is 21.4. The summed E-state index contributed by atoms with van der Waals surface area (Å²) in [5.74, 6) is -2.59. The third kappa shape index (κ3) is 4.79. The van der Waals surface area contributed by atoms with Crippen molar-refractivity contribution in [2.75, 3.05) is 10.6 Å². The molecule has 0 radical (unpaired) electrons. The summed E-state index contributed by atoms with van der Waals surface area (Å²) in [4.78, 5) is 16.7. The fourth-order valence-electron chi connectivity index (χ4n) is 2.77. The first-order valence-electron chi connectivity index (χ1n) is 8.77. The predicted octanol–water partition coefficient (Wildman–Crippen LogP) is 2.49. The van der Waals surface area contributed by atoms with Crippen molar-refractivity contribution in [1.29, 1.82) is 0 Å². The van der Waals surface area contributed by atoms with E-state index in [1.807, 2.05) is 18.2 Å². The molecular formula is C19H18F2N4O4S. The van der Waals surface area contributed by atoms with Crippen LogP contribution in [0, 0.1) is 11.6 Å². The van der Waals surface area contributed by atoms with Crippen molar-refractivity contribution in [3.05, 3.63) is 66.1 Å². The Morgan fingerprint density at radius 3 is 2.50 bits per heavy atom. The summed E-state index contributed by atoms with van der Waals surface area (Å²) in [6, 6.07) is 10.4. The van der Waals surface area contributed by atoms with Gasteiger partial charge in [-0.05, 0) is 19.1 Å². The number of sulfonamides is 1. The van der Waals surface area contributed by atoms with Crippen LogP contribution >= 0.6 is 0 Å². The minimum atomic E-state index is -3.97. The number of halogens is 2. The summed E-state index contributed by atoms with van der Waals surface area (Å²) < 4.78 is 57.0.